The summed E-state index contributed by atoms with van der Waals surface area (Å²) in [5.41, 5.74) is 15.4. The number of aryl methyl sites for hydroxylation is 1. The van der Waals surface area contributed by atoms with Crippen molar-refractivity contribution in [2.75, 3.05) is 18.0 Å². The second-order valence-corrected chi connectivity index (χ2v) is 8.17. The van der Waals surface area contributed by atoms with Crippen LogP contribution in [0.1, 0.15) is 62.5 Å². The van der Waals surface area contributed by atoms with Crippen LogP contribution in [-0.2, 0) is 12.8 Å². The molecule has 2 aliphatic rings. The molecule has 4 nitrogen and oxygen atoms in total. The Morgan fingerprint density at radius 2 is 1.60 bits per heavy atom. The predicted octanol–water partition coefficient (Wildman–Crippen LogP) is 4.34. The quantitative estimate of drug-likeness (QED) is 0.408. The van der Waals surface area contributed by atoms with Crippen LogP contribution in [0, 0.1) is 17.8 Å². The molecule has 1 saturated carbocycles. The summed E-state index contributed by atoms with van der Waals surface area (Å²) in [6.07, 6.45) is 12.6. The minimum absolute atomic E-state index is 0.137. The molecule has 1 fully saturated rings. The van der Waals surface area contributed by atoms with Crippen LogP contribution in [0.2, 0.25) is 0 Å². The van der Waals surface area contributed by atoms with E-state index in [0.717, 1.165) is 31.2 Å². The van der Waals surface area contributed by atoms with Crippen molar-refractivity contribution in [3.8, 4) is 5.75 Å². The van der Waals surface area contributed by atoms with Crippen molar-refractivity contribution in [3.63, 3.8) is 0 Å². The van der Waals surface area contributed by atoms with Crippen LogP contribution >= 0.6 is 0 Å². The molecule has 1 aromatic carbocycles. The van der Waals surface area contributed by atoms with Crippen molar-refractivity contribution < 1.29 is 5.11 Å². The first-order chi connectivity index (χ1) is 12.1. The van der Waals surface area contributed by atoms with Crippen LogP contribution in [0.5, 0.6) is 5.75 Å². The molecule has 0 spiro atoms. The maximum Gasteiger partial charge on any atom is 0.140 e. The number of fused-ring (bicyclic) bond motifs is 1. The number of aliphatic imine (C=N–C) groups is 1. The van der Waals surface area contributed by atoms with E-state index in [2.05, 4.69) is 11.7 Å². The predicted molar refractivity (Wildman–Crippen MR) is 106 cm³/mol. The monoisotopic (exact) mass is 343 g/mol. The molecule has 25 heavy (non-hydrogen) atoms. The fraction of sp³-hybridized carbons (Fsp3) is 0.667. The minimum Gasteiger partial charge on any atom is -0.506 e. The average Bonchev–Trinajstić information content (AvgIpc) is 2.64. The highest BCUT2D eigenvalue weighted by atomic mass is 16.3. The number of rotatable bonds is 6. The van der Waals surface area contributed by atoms with Crippen LogP contribution in [0.15, 0.2) is 11.1 Å². The molecule has 0 radical (unpaired) electrons. The Kier molecular flexibility index (Phi) is 5.87. The summed E-state index contributed by atoms with van der Waals surface area (Å²) in [6.45, 7) is 4.52. The van der Waals surface area contributed by atoms with Crippen LogP contribution < -0.4 is 11.5 Å². The standard InChI is InChI=1S/C21H33N3O/c1-24-11-10-15-4-2-14(3-5-15)6-7-16-8-9-17-13-19(25)21(23)20(22)18(17)12-16/h13-16,25H,1-12,22-23H2. The number of phenols is 1. The highest BCUT2D eigenvalue weighted by Crippen LogP contribution is 2.40. The Balaban J connectivity index is 1.48. The normalized spacial score (nSPS) is 26.2. The van der Waals surface area contributed by atoms with Gasteiger partial charge in [0.05, 0.1) is 11.4 Å². The van der Waals surface area contributed by atoms with Crippen LogP contribution in [0.4, 0.5) is 11.4 Å². The van der Waals surface area contributed by atoms with E-state index in [0.29, 0.717) is 17.3 Å². The van der Waals surface area contributed by atoms with E-state index >= 15 is 0 Å². The van der Waals surface area contributed by atoms with Gasteiger partial charge in [-0.3, -0.25) is 0 Å². The number of benzene rings is 1. The number of phenolic OH excluding ortho intramolecular Hbond substituents is 1. The fourth-order valence-electron chi connectivity index (χ4n) is 4.82. The lowest BCUT2D eigenvalue weighted by atomic mass is 9.75. The summed E-state index contributed by atoms with van der Waals surface area (Å²) in [7, 11) is 0. The van der Waals surface area contributed by atoms with Gasteiger partial charge in [-0.05, 0) is 73.8 Å². The van der Waals surface area contributed by atoms with Gasteiger partial charge < -0.3 is 21.6 Å². The number of aromatic hydroxyl groups is 1. The molecule has 0 aromatic heterocycles. The van der Waals surface area contributed by atoms with Crippen molar-refractivity contribution in [3.05, 3.63) is 17.2 Å². The summed E-state index contributed by atoms with van der Waals surface area (Å²) >= 11 is 0. The van der Waals surface area contributed by atoms with Gasteiger partial charge in [-0.25, -0.2) is 0 Å². The van der Waals surface area contributed by atoms with E-state index < -0.39 is 0 Å². The highest BCUT2D eigenvalue weighted by molar-refractivity contribution is 5.75. The Bertz CT molecular complexity index is 606. The zero-order valence-corrected chi connectivity index (χ0v) is 15.3. The Morgan fingerprint density at radius 3 is 2.28 bits per heavy atom. The lowest BCUT2D eigenvalue weighted by Gasteiger charge is -2.31. The van der Waals surface area contributed by atoms with E-state index in [9.17, 15) is 5.11 Å². The first-order valence-corrected chi connectivity index (χ1v) is 9.89. The van der Waals surface area contributed by atoms with Crippen molar-refractivity contribution >= 4 is 18.1 Å². The molecule has 4 heteroatoms. The third kappa shape index (κ3) is 4.28. The molecule has 1 aromatic rings. The van der Waals surface area contributed by atoms with Gasteiger partial charge in [-0.1, -0.05) is 32.1 Å². The molecule has 138 valence electrons. The summed E-state index contributed by atoms with van der Waals surface area (Å²) in [4.78, 5) is 4.00. The van der Waals surface area contributed by atoms with Gasteiger partial charge in [-0.2, -0.15) is 0 Å². The molecule has 1 unspecified atom stereocenters. The number of nitrogen functional groups attached to an aromatic ring is 2. The molecule has 0 heterocycles. The maximum absolute atomic E-state index is 9.86. The third-order valence-corrected chi connectivity index (χ3v) is 6.55. The number of hydrogen-bond donors (Lipinski definition) is 3. The summed E-state index contributed by atoms with van der Waals surface area (Å²) in [6, 6.07) is 1.82. The Morgan fingerprint density at radius 1 is 0.960 bits per heavy atom. The van der Waals surface area contributed by atoms with E-state index in [1.807, 2.05) is 6.07 Å². The second-order valence-electron chi connectivity index (χ2n) is 8.17. The molecule has 0 saturated heterocycles. The van der Waals surface area contributed by atoms with Gasteiger partial charge in [0.15, 0.2) is 0 Å². The van der Waals surface area contributed by atoms with E-state index in [1.54, 1.807) is 0 Å². The molecular formula is C21H33N3O. The van der Waals surface area contributed by atoms with E-state index in [4.69, 9.17) is 11.5 Å². The zero-order chi connectivity index (χ0) is 17.8. The molecule has 1 atom stereocenters. The lowest BCUT2D eigenvalue weighted by molar-refractivity contribution is 0.239. The largest absolute Gasteiger partial charge is 0.506 e. The molecule has 2 aliphatic carbocycles. The number of hydrogen-bond acceptors (Lipinski definition) is 4. The first-order valence-electron chi connectivity index (χ1n) is 9.89. The fourth-order valence-corrected chi connectivity index (χ4v) is 4.82. The number of nitrogens with two attached hydrogens (primary N) is 2. The van der Waals surface area contributed by atoms with Crippen LogP contribution in [-0.4, -0.2) is 18.4 Å². The number of nitrogens with zero attached hydrogens (tertiary/aromatic N) is 1. The van der Waals surface area contributed by atoms with E-state index in [1.165, 1.54) is 62.5 Å². The van der Waals surface area contributed by atoms with Gasteiger partial charge in [0, 0.05) is 6.54 Å². The molecule has 0 aliphatic heterocycles. The van der Waals surface area contributed by atoms with Crippen molar-refractivity contribution in [2.45, 2.75) is 64.2 Å². The average molecular weight is 344 g/mol. The van der Waals surface area contributed by atoms with Crippen molar-refractivity contribution in [2.24, 2.45) is 22.7 Å². The number of anilines is 2. The van der Waals surface area contributed by atoms with Crippen molar-refractivity contribution in [1.82, 2.24) is 0 Å². The summed E-state index contributed by atoms with van der Waals surface area (Å²) < 4.78 is 0. The first kappa shape index (κ1) is 18.1. The third-order valence-electron chi connectivity index (χ3n) is 6.55. The van der Waals surface area contributed by atoms with Gasteiger partial charge >= 0.3 is 0 Å². The topological polar surface area (TPSA) is 84.6 Å². The highest BCUT2D eigenvalue weighted by Gasteiger charge is 2.25. The zero-order valence-electron chi connectivity index (χ0n) is 15.3. The van der Waals surface area contributed by atoms with Gasteiger partial charge in [0.25, 0.3) is 0 Å². The maximum atomic E-state index is 9.86. The Hall–Kier alpha value is -1.71. The lowest BCUT2D eigenvalue weighted by Crippen LogP contribution is -2.20. The molecule has 5 N–H and O–H groups in total. The van der Waals surface area contributed by atoms with Crippen molar-refractivity contribution in [1.29, 1.82) is 0 Å². The second kappa shape index (κ2) is 8.11. The van der Waals surface area contributed by atoms with Gasteiger partial charge in [-0.15, -0.1) is 0 Å². The van der Waals surface area contributed by atoms with Gasteiger partial charge in [0.1, 0.15) is 5.75 Å². The molecule has 0 bridgehead atoms. The molecular weight excluding hydrogens is 310 g/mol. The smallest absolute Gasteiger partial charge is 0.140 e. The Labute approximate surface area is 151 Å². The van der Waals surface area contributed by atoms with Gasteiger partial charge in [0.2, 0.25) is 0 Å². The van der Waals surface area contributed by atoms with Crippen LogP contribution in [0.25, 0.3) is 0 Å². The minimum atomic E-state index is 0.137. The van der Waals surface area contributed by atoms with Crippen LogP contribution in [0.3, 0.4) is 0 Å². The SMILES string of the molecule is C=NCCC1CCC(CCC2CCc3cc(O)c(N)c(N)c3C2)CC1. The molecule has 0 amide bonds. The van der Waals surface area contributed by atoms with E-state index in [-0.39, 0.29) is 5.75 Å². The summed E-state index contributed by atoms with van der Waals surface area (Å²) in [5, 5.41) is 9.86. The molecule has 3 rings (SSSR count). The summed E-state index contributed by atoms with van der Waals surface area (Å²) in [5.74, 6) is 2.62.